The summed E-state index contributed by atoms with van der Waals surface area (Å²) in [6.45, 7) is 9.35. The van der Waals surface area contributed by atoms with Crippen molar-refractivity contribution in [3.63, 3.8) is 0 Å². The van der Waals surface area contributed by atoms with E-state index in [2.05, 4.69) is 45.8 Å². The molecule has 12 nitrogen and oxygen atoms in total. The number of carbonyl (C=O) groups excluding carboxylic acids is 1. The van der Waals surface area contributed by atoms with Gasteiger partial charge in [0.15, 0.2) is 11.5 Å². The Bertz CT molecular complexity index is 2270. The second-order valence-electron chi connectivity index (χ2n) is 13.7. The molecule has 4 heterocycles. The average Bonchev–Trinajstić information content (AvgIpc) is 3.81. The minimum atomic E-state index is -0.386. The molecule has 55 heavy (non-hydrogen) atoms. The number of halogens is 1. The van der Waals surface area contributed by atoms with Crippen LogP contribution in [-0.4, -0.2) is 91.9 Å². The number of urea groups is 1. The van der Waals surface area contributed by atoms with Gasteiger partial charge < -0.3 is 19.9 Å². The van der Waals surface area contributed by atoms with E-state index in [-0.39, 0.29) is 28.8 Å². The molecule has 7 rings (SSSR count). The topological polar surface area (TPSA) is 131 Å². The summed E-state index contributed by atoms with van der Waals surface area (Å²) >= 11 is 9.57. The number of hydrogen-bond acceptors (Lipinski definition) is 10. The van der Waals surface area contributed by atoms with E-state index in [1.807, 2.05) is 77.3 Å². The van der Waals surface area contributed by atoms with Gasteiger partial charge in [0.1, 0.15) is 23.9 Å². The summed E-state index contributed by atoms with van der Waals surface area (Å²) in [5.41, 5.74) is 3.76. The van der Waals surface area contributed by atoms with Crippen molar-refractivity contribution in [2.45, 2.75) is 35.6 Å². The predicted molar refractivity (Wildman–Crippen MR) is 219 cm³/mol. The second kappa shape index (κ2) is 17.4. The van der Waals surface area contributed by atoms with E-state index in [9.17, 15) is 9.90 Å². The molecular formula is C40H43ClN8O4S2. The molecule has 1 aliphatic rings. The molecule has 1 aliphatic heterocycles. The van der Waals surface area contributed by atoms with E-state index in [1.165, 1.54) is 6.07 Å². The average molecular weight is 799 g/mol. The van der Waals surface area contributed by atoms with Gasteiger partial charge in [-0.2, -0.15) is 16.9 Å². The van der Waals surface area contributed by atoms with Crippen LogP contribution in [0.5, 0.6) is 11.5 Å². The molecule has 286 valence electrons. The van der Waals surface area contributed by atoms with Crippen molar-refractivity contribution in [1.29, 1.82) is 0 Å². The highest BCUT2D eigenvalue weighted by atomic mass is 35.5. The molecule has 0 atom stereocenters. The summed E-state index contributed by atoms with van der Waals surface area (Å²) in [7, 11) is 0. The molecule has 0 unspecified atom stereocenters. The van der Waals surface area contributed by atoms with E-state index in [1.54, 1.807) is 40.3 Å². The van der Waals surface area contributed by atoms with Crippen molar-refractivity contribution in [1.82, 2.24) is 34.6 Å². The highest BCUT2D eigenvalue weighted by Gasteiger charge is 2.26. The number of nitrogens with one attached hydrogen (secondary N) is 2. The molecule has 0 radical (unpaired) electrons. The fourth-order valence-electron chi connectivity index (χ4n) is 6.24. The van der Waals surface area contributed by atoms with Crippen LogP contribution >= 0.6 is 35.1 Å². The van der Waals surface area contributed by atoms with Crippen molar-refractivity contribution < 1.29 is 19.4 Å². The Morgan fingerprint density at radius 3 is 2.67 bits per heavy atom. The van der Waals surface area contributed by atoms with E-state index in [4.69, 9.17) is 26.2 Å². The first-order valence-electron chi connectivity index (χ1n) is 17.9. The van der Waals surface area contributed by atoms with E-state index < -0.39 is 0 Å². The number of anilines is 1. The third-order valence-corrected chi connectivity index (χ3v) is 11.6. The number of rotatable bonds is 14. The van der Waals surface area contributed by atoms with Crippen molar-refractivity contribution >= 4 is 52.6 Å². The van der Waals surface area contributed by atoms with E-state index >= 15 is 0 Å². The number of thioether (sulfide) groups is 1. The van der Waals surface area contributed by atoms with Crippen LogP contribution in [0.15, 0.2) is 101 Å². The van der Waals surface area contributed by atoms with Gasteiger partial charge in [-0.05, 0) is 60.4 Å². The van der Waals surface area contributed by atoms with Gasteiger partial charge in [-0.25, -0.2) is 9.48 Å². The number of benzene rings is 3. The number of aromatic hydroxyl groups is 1. The Kier molecular flexibility index (Phi) is 12.2. The van der Waals surface area contributed by atoms with Gasteiger partial charge in [0.05, 0.1) is 29.6 Å². The number of amides is 2. The molecule has 0 bridgehead atoms. The standard InChI is InChI=1S/C40H43ClN8O4S2/c1-40(2,26-54-3)35-23-37(49(46-35)29-11-13-33(50)32(41)22-29)43-39(51)42-24-28-7-4-5-10-34(28)55-31-12-14-36-44-45-38(48(36)25-31)27-8-6-9-30(21-27)53-20-17-47-15-18-52-19-16-47/h4-14,21-23,25,50H,15-20,24,26H2,1-3H3,(H2,42,43,51). The molecule has 6 aromatic rings. The highest BCUT2D eigenvalue weighted by Crippen LogP contribution is 2.34. The van der Waals surface area contributed by atoms with Crippen LogP contribution in [0.3, 0.4) is 0 Å². The third kappa shape index (κ3) is 9.39. The lowest BCUT2D eigenvalue weighted by Gasteiger charge is -2.26. The Labute approximate surface area is 333 Å². The number of aromatic nitrogens is 5. The molecule has 15 heteroatoms. The maximum atomic E-state index is 13.4. The fraction of sp³-hybridized carbons (Fsp3) is 0.300. The minimum absolute atomic E-state index is 0.0302. The second-order valence-corrected chi connectivity index (χ2v) is 16.1. The first-order valence-corrected chi connectivity index (χ1v) is 20.5. The van der Waals surface area contributed by atoms with E-state index in [0.29, 0.717) is 18.1 Å². The Hall–Kier alpha value is -4.73. The van der Waals surface area contributed by atoms with Gasteiger partial charge in [-0.15, -0.1) is 10.2 Å². The smallest absolute Gasteiger partial charge is 0.320 e. The van der Waals surface area contributed by atoms with Crippen LogP contribution in [0.25, 0.3) is 22.7 Å². The summed E-state index contributed by atoms with van der Waals surface area (Å²) in [6, 6.07) is 26.2. The normalized spacial score (nSPS) is 13.6. The number of morpholine rings is 1. The number of carbonyl (C=O) groups is 1. The van der Waals surface area contributed by atoms with Crippen LogP contribution in [0.1, 0.15) is 25.1 Å². The molecule has 1 fully saturated rings. The van der Waals surface area contributed by atoms with Crippen LogP contribution in [0.4, 0.5) is 10.6 Å². The maximum Gasteiger partial charge on any atom is 0.320 e. The molecule has 0 spiro atoms. The zero-order valence-corrected chi connectivity index (χ0v) is 33.3. The SMILES string of the molecule is CSCC(C)(C)c1cc(NC(=O)NCc2ccccc2Sc2ccc3nnc(-c4cccc(OCCN5CCOCC5)c4)n3c2)n(-c2ccc(O)c(Cl)c2)n1. The Morgan fingerprint density at radius 2 is 1.85 bits per heavy atom. The van der Waals surface area contributed by atoms with Crippen molar-refractivity contribution in [2.24, 2.45) is 0 Å². The zero-order chi connectivity index (χ0) is 38.4. The summed E-state index contributed by atoms with van der Waals surface area (Å²) in [6.07, 6.45) is 4.09. The first kappa shape index (κ1) is 38.5. The number of hydrogen-bond donors (Lipinski definition) is 3. The Morgan fingerprint density at radius 1 is 1.02 bits per heavy atom. The summed E-state index contributed by atoms with van der Waals surface area (Å²) in [5.74, 6) is 2.79. The number of ether oxygens (including phenoxy) is 2. The van der Waals surface area contributed by atoms with Crippen LogP contribution in [-0.2, 0) is 16.7 Å². The number of phenols is 1. The molecule has 3 aromatic heterocycles. The summed E-state index contributed by atoms with van der Waals surface area (Å²) in [4.78, 5) is 17.7. The van der Waals surface area contributed by atoms with Crippen LogP contribution < -0.4 is 15.4 Å². The molecule has 3 N–H and O–H groups in total. The highest BCUT2D eigenvalue weighted by molar-refractivity contribution is 7.99. The molecular weight excluding hydrogens is 756 g/mol. The lowest BCUT2D eigenvalue weighted by molar-refractivity contribution is 0.0322. The number of fused-ring (bicyclic) bond motifs is 1. The van der Waals surface area contributed by atoms with Gasteiger partial charge in [0.2, 0.25) is 0 Å². The Balaban J connectivity index is 1.04. The van der Waals surface area contributed by atoms with Gasteiger partial charge in [-0.3, -0.25) is 14.6 Å². The van der Waals surface area contributed by atoms with Gasteiger partial charge in [-0.1, -0.05) is 67.5 Å². The molecule has 2 amide bonds. The summed E-state index contributed by atoms with van der Waals surface area (Å²) < 4.78 is 15.2. The largest absolute Gasteiger partial charge is 0.506 e. The number of pyridine rings is 1. The lowest BCUT2D eigenvalue weighted by Crippen LogP contribution is -2.38. The van der Waals surface area contributed by atoms with Gasteiger partial charge >= 0.3 is 6.03 Å². The van der Waals surface area contributed by atoms with Crippen LogP contribution in [0, 0.1) is 0 Å². The quantitative estimate of drug-likeness (QED) is 0.101. The van der Waals surface area contributed by atoms with Crippen molar-refractivity contribution in [3.05, 3.63) is 107 Å². The monoisotopic (exact) mass is 798 g/mol. The number of phenolic OH excluding ortho intramolecular Hbond substituents is 1. The first-order chi connectivity index (χ1) is 26.7. The predicted octanol–water partition coefficient (Wildman–Crippen LogP) is 7.77. The summed E-state index contributed by atoms with van der Waals surface area (Å²) in [5, 5.41) is 30.0. The van der Waals surface area contributed by atoms with Crippen LogP contribution in [0.2, 0.25) is 5.02 Å². The minimum Gasteiger partial charge on any atom is -0.506 e. The van der Waals surface area contributed by atoms with Gasteiger partial charge in [0.25, 0.3) is 0 Å². The van der Waals surface area contributed by atoms with E-state index in [0.717, 1.165) is 82.4 Å². The van der Waals surface area contributed by atoms with Gasteiger partial charge in [0, 0.05) is 65.0 Å². The zero-order valence-electron chi connectivity index (χ0n) is 30.9. The molecule has 0 saturated carbocycles. The molecule has 1 saturated heterocycles. The number of nitrogens with zero attached hydrogens (tertiary/aromatic N) is 6. The maximum absolute atomic E-state index is 13.4. The van der Waals surface area contributed by atoms with Crippen molar-refractivity contribution in [2.75, 3.05) is 56.8 Å². The van der Waals surface area contributed by atoms with Crippen molar-refractivity contribution in [3.8, 4) is 28.6 Å². The lowest BCUT2D eigenvalue weighted by atomic mass is 9.92. The fourth-order valence-corrected chi connectivity index (χ4v) is 8.25. The molecule has 3 aromatic carbocycles. The molecule has 0 aliphatic carbocycles. The third-order valence-electron chi connectivity index (χ3n) is 9.21.